The number of nitrogens with one attached hydrogen (secondary N) is 2. The summed E-state index contributed by atoms with van der Waals surface area (Å²) in [6.45, 7) is 4.31. The summed E-state index contributed by atoms with van der Waals surface area (Å²) < 4.78 is 5.67. The van der Waals surface area contributed by atoms with Gasteiger partial charge in [-0.25, -0.2) is 9.97 Å². The van der Waals surface area contributed by atoms with Crippen LogP contribution in [0.3, 0.4) is 0 Å². The molecule has 0 radical (unpaired) electrons. The minimum Gasteiger partial charge on any atom is -0.495 e. The normalized spacial score (nSPS) is 14.8. The number of anilines is 5. The molecule has 3 heterocycles. The summed E-state index contributed by atoms with van der Waals surface area (Å²) in [6, 6.07) is 16.5. The number of nitrogens with zero attached hydrogens (tertiary/aromatic N) is 4. The van der Waals surface area contributed by atoms with E-state index in [4.69, 9.17) is 9.72 Å². The third kappa shape index (κ3) is 4.56. The minimum absolute atomic E-state index is 0.0703. The monoisotopic (exact) mass is 494 g/mol. The zero-order valence-corrected chi connectivity index (χ0v) is 21.3. The standard InChI is InChI=1S/C29H30N6O2/c1-18(36)35-11-9-19-4-6-24(15-27(19)35)31-23-7-5-21-16-30-29(32-25(21)14-23)33-26-12-22-17-34(2)10-8-20(22)13-28(26)37-3/h4-7,12-16,31H,8-11,17H2,1-3H3,(H,30,32,33). The van der Waals surface area contributed by atoms with Crippen molar-refractivity contribution < 1.29 is 9.53 Å². The summed E-state index contributed by atoms with van der Waals surface area (Å²) in [4.78, 5) is 25.5. The zero-order chi connectivity index (χ0) is 25.5. The molecule has 2 aliphatic rings. The second-order valence-electron chi connectivity index (χ2n) is 9.79. The SMILES string of the molecule is COc1cc2c(cc1Nc1ncc3ccc(Nc4ccc5c(c4)N(C(C)=O)CC5)cc3n1)CN(C)CC2. The molecule has 0 fully saturated rings. The number of ether oxygens (including phenoxy) is 1. The smallest absolute Gasteiger partial charge is 0.227 e. The van der Waals surface area contributed by atoms with Gasteiger partial charge in [-0.15, -0.1) is 0 Å². The Hall–Kier alpha value is -4.17. The number of methoxy groups -OCH3 is 1. The molecule has 0 saturated heterocycles. The van der Waals surface area contributed by atoms with Gasteiger partial charge in [-0.2, -0.15) is 0 Å². The highest BCUT2D eigenvalue weighted by molar-refractivity contribution is 5.94. The van der Waals surface area contributed by atoms with Crippen LogP contribution in [0.4, 0.5) is 28.7 Å². The van der Waals surface area contributed by atoms with Crippen LogP contribution in [0.1, 0.15) is 23.6 Å². The van der Waals surface area contributed by atoms with Gasteiger partial charge in [0.15, 0.2) is 0 Å². The molecule has 188 valence electrons. The highest BCUT2D eigenvalue weighted by Gasteiger charge is 2.22. The number of likely N-dealkylation sites (N-methyl/N-ethyl adjacent to an activating group) is 1. The first-order valence-electron chi connectivity index (χ1n) is 12.6. The summed E-state index contributed by atoms with van der Waals surface area (Å²) in [5.41, 5.74) is 8.34. The predicted octanol–water partition coefficient (Wildman–Crippen LogP) is 5.02. The molecule has 0 spiro atoms. The van der Waals surface area contributed by atoms with Crippen molar-refractivity contribution in [2.24, 2.45) is 0 Å². The van der Waals surface area contributed by atoms with Crippen molar-refractivity contribution in [3.63, 3.8) is 0 Å². The van der Waals surface area contributed by atoms with E-state index in [1.807, 2.05) is 35.4 Å². The number of hydrogen-bond acceptors (Lipinski definition) is 7. The summed E-state index contributed by atoms with van der Waals surface area (Å²) in [7, 11) is 3.83. The minimum atomic E-state index is 0.0703. The lowest BCUT2D eigenvalue weighted by Gasteiger charge is -2.26. The van der Waals surface area contributed by atoms with Gasteiger partial charge in [0.2, 0.25) is 11.9 Å². The molecule has 0 unspecified atom stereocenters. The number of carbonyl (C=O) groups excluding carboxylic acids is 1. The number of fused-ring (bicyclic) bond motifs is 3. The lowest BCUT2D eigenvalue weighted by Crippen LogP contribution is -2.26. The zero-order valence-electron chi connectivity index (χ0n) is 21.3. The van der Waals surface area contributed by atoms with Crippen LogP contribution in [0.2, 0.25) is 0 Å². The molecule has 8 nitrogen and oxygen atoms in total. The molecule has 4 aromatic rings. The van der Waals surface area contributed by atoms with Gasteiger partial charge in [0.05, 0.1) is 18.3 Å². The number of benzene rings is 3. The Labute approximate surface area is 216 Å². The van der Waals surface area contributed by atoms with Crippen LogP contribution in [-0.2, 0) is 24.2 Å². The van der Waals surface area contributed by atoms with E-state index in [1.54, 1.807) is 14.0 Å². The van der Waals surface area contributed by atoms with Crippen molar-refractivity contribution in [1.29, 1.82) is 0 Å². The van der Waals surface area contributed by atoms with E-state index < -0.39 is 0 Å². The Morgan fingerprint density at radius 3 is 2.59 bits per heavy atom. The number of amides is 1. The molecule has 2 N–H and O–H groups in total. The third-order valence-corrected chi connectivity index (χ3v) is 7.20. The molecule has 0 atom stereocenters. The number of aromatic nitrogens is 2. The molecular weight excluding hydrogens is 464 g/mol. The largest absolute Gasteiger partial charge is 0.495 e. The fourth-order valence-electron chi connectivity index (χ4n) is 5.23. The first-order chi connectivity index (χ1) is 18.0. The van der Waals surface area contributed by atoms with E-state index in [2.05, 4.69) is 51.8 Å². The van der Waals surface area contributed by atoms with Crippen molar-refractivity contribution in [3.8, 4) is 5.75 Å². The van der Waals surface area contributed by atoms with Gasteiger partial charge >= 0.3 is 0 Å². The highest BCUT2D eigenvalue weighted by Crippen LogP contribution is 2.34. The molecule has 1 aromatic heterocycles. The fraction of sp³-hybridized carbons (Fsp3) is 0.276. The van der Waals surface area contributed by atoms with E-state index in [0.717, 1.165) is 71.9 Å². The van der Waals surface area contributed by atoms with Gasteiger partial charge in [0.25, 0.3) is 0 Å². The van der Waals surface area contributed by atoms with E-state index in [0.29, 0.717) is 5.95 Å². The molecule has 37 heavy (non-hydrogen) atoms. The van der Waals surface area contributed by atoms with Crippen molar-refractivity contribution in [2.75, 3.05) is 42.8 Å². The Bertz CT molecular complexity index is 1520. The number of carbonyl (C=O) groups is 1. The van der Waals surface area contributed by atoms with Gasteiger partial charge in [-0.1, -0.05) is 6.07 Å². The van der Waals surface area contributed by atoms with Crippen LogP contribution in [0.5, 0.6) is 5.75 Å². The summed E-state index contributed by atoms with van der Waals surface area (Å²) in [5.74, 6) is 1.38. The second kappa shape index (κ2) is 9.37. The summed E-state index contributed by atoms with van der Waals surface area (Å²) in [6.07, 6.45) is 3.73. The molecular formula is C29H30N6O2. The molecule has 6 rings (SSSR count). The fourth-order valence-corrected chi connectivity index (χ4v) is 5.23. The van der Waals surface area contributed by atoms with Crippen molar-refractivity contribution >= 4 is 45.5 Å². The summed E-state index contributed by atoms with van der Waals surface area (Å²) in [5, 5.41) is 7.79. The average Bonchev–Trinajstić information content (AvgIpc) is 3.32. The third-order valence-electron chi connectivity index (χ3n) is 7.20. The molecule has 0 bridgehead atoms. The molecule has 0 saturated carbocycles. The van der Waals surface area contributed by atoms with Crippen molar-refractivity contribution in [3.05, 3.63) is 71.4 Å². The quantitative estimate of drug-likeness (QED) is 0.403. The van der Waals surface area contributed by atoms with E-state index >= 15 is 0 Å². The molecule has 8 heteroatoms. The van der Waals surface area contributed by atoms with E-state index in [9.17, 15) is 4.79 Å². The first-order valence-corrected chi connectivity index (χ1v) is 12.6. The number of rotatable bonds is 5. The van der Waals surface area contributed by atoms with Crippen LogP contribution >= 0.6 is 0 Å². The maximum Gasteiger partial charge on any atom is 0.227 e. The van der Waals surface area contributed by atoms with Crippen LogP contribution in [-0.4, -0.2) is 48.0 Å². The Morgan fingerprint density at radius 1 is 0.946 bits per heavy atom. The van der Waals surface area contributed by atoms with Crippen LogP contribution in [0, 0.1) is 0 Å². The van der Waals surface area contributed by atoms with Gasteiger partial charge in [-0.05, 0) is 79.0 Å². The van der Waals surface area contributed by atoms with Crippen LogP contribution < -0.4 is 20.3 Å². The van der Waals surface area contributed by atoms with Gasteiger partial charge in [0.1, 0.15) is 5.75 Å². The van der Waals surface area contributed by atoms with Gasteiger partial charge in [0, 0.05) is 55.2 Å². The van der Waals surface area contributed by atoms with Gasteiger partial charge < -0.3 is 25.2 Å². The van der Waals surface area contributed by atoms with Crippen molar-refractivity contribution in [2.45, 2.75) is 26.3 Å². The lowest BCUT2D eigenvalue weighted by molar-refractivity contribution is -0.116. The topological polar surface area (TPSA) is 82.6 Å². The first kappa shape index (κ1) is 23.2. The Morgan fingerprint density at radius 2 is 1.76 bits per heavy atom. The van der Waals surface area contributed by atoms with Crippen molar-refractivity contribution in [1.82, 2.24) is 14.9 Å². The average molecular weight is 495 g/mol. The molecule has 3 aromatic carbocycles. The number of hydrogen-bond donors (Lipinski definition) is 2. The van der Waals surface area contributed by atoms with Crippen LogP contribution in [0.25, 0.3) is 10.9 Å². The Kier molecular flexibility index (Phi) is 5.88. The molecule has 2 aliphatic heterocycles. The lowest BCUT2D eigenvalue weighted by atomic mass is 9.99. The molecule has 1 amide bonds. The molecule has 0 aliphatic carbocycles. The maximum absolute atomic E-state index is 12.0. The van der Waals surface area contributed by atoms with Crippen LogP contribution in [0.15, 0.2) is 54.7 Å². The maximum atomic E-state index is 12.0. The Balaban J connectivity index is 1.27. The van der Waals surface area contributed by atoms with E-state index in [-0.39, 0.29) is 5.91 Å². The summed E-state index contributed by atoms with van der Waals surface area (Å²) >= 11 is 0. The van der Waals surface area contributed by atoms with E-state index in [1.165, 1.54) is 16.7 Å². The predicted molar refractivity (Wildman–Crippen MR) is 147 cm³/mol. The van der Waals surface area contributed by atoms with Gasteiger partial charge in [-0.3, -0.25) is 4.79 Å². The highest BCUT2D eigenvalue weighted by atomic mass is 16.5. The second-order valence-corrected chi connectivity index (χ2v) is 9.79.